The van der Waals surface area contributed by atoms with Crippen molar-refractivity contribution in [3.63, 3.8) is 0 Å². The van der Waals surface area contributed by atoms with Crippen LogP contribution in [-0.2, 0) is 19.6 Å². The molecule has 0 aromatic rings. The number of amides is 2. The number of piperidine rings is 2. The van der Waals surface area contributed by atoms with Crippen molar-refractivity contribution in [1.82, 2.24) is 14.1 Å². The van der Waals surface area contributed by atoms with E-state index in [9.17, 15) is 18.0 Å². The third kappa shape index (κ3) is 4.22. The number of carbonyl (C=O) groups is 2. The molecule has 3 aliphatic heterocycles. The second kappa shape index (κ2) is 7.84. The third-order valence-corrected chi connectivity index (χ3v) is 7.49. The zero-order valence-corrected chi connectivity index (χ0v) is 16.7. The summed E-state index contributed by atoms with van der Waals surface area (Å²) in [4.78, 5) is 29.6. The van der Waals surface area contributed by atoms with Crippen molar-refractivity contribution in [3.8, 4) is 0 Å². The van der Waals surface area contributed by atoms with Gasteiger partial charge in [-0.3, -0.25) is 9.59 Å². The third-order valence-electron chi connectivity index (χ3n) is 6.19. The average molecular weight is 386 g/mol. The van der Waals surface area contributed by atoms with Gasteiger partial charge in [-0.05, 0) is 44.4 Å². The normalized spacial score (nSPS) is 27.1. The van der Waals surface area contributed by atoms with Crippen LogP contribution in [0.15, 0.2) is 0 Å². The quantitative estimate of drug-likeness (QED) is 0.723. The predicted octanol–water partition coefficient (Wildman–Crippen LogP) is 0.908. The Morgan fingerprint density at radius 1 is 0.846 bits per heavy atom. The number of likely N-dealkylation sites (tertiary alicyclic amines) is 2. The molecule has 26 heavy (non-hydrogen) atoms. The lowest BCUT2D eigenvalue weighted by atomic mass is 9.95. The van der Waals surface area contributed by atoms with Gasteiger partial charge in [-0.2, -0.15) is 0 Å². The highest BCUT2D eigenvalue weighted by molar-refractivity contribution is 7.88. The van der Waals surface area contributed by atoms with Crippen LogP contribution in [0.3, 0.4) is 0 Å². The molecule has 0 aliphatic carbocycles. The summed E-state index contributed by atoms with van der Waals surface area (Å²) in [7, 11) is -3.19. The summed E-state index contributed by atoms with van der Waals surface area (Å²) in [5.41, 5.74) is 0. The van der Waals surface area contributed by atoms with Crippen LogP contribution in [0.2, 0.25) is 0 Å². The Balaban J connectivity index is 1.59. The van der Waals surface area contributed by atoms with Gasteiger partial charge in [-0.25, -0.2) is 12.7 Å². The van der Waals surface area contributed by atoms with E-state index in [1.165, 1.54) is 10.6 Å². The highest BCUT2D eigenvalue weighted by Crippen LogP contribution is 2.28. The highest BCUT2D eigenvalue weighted by Gasteiger charge is 2.40. The van der Waals surface area contributed by atoms with Gasteiger partial charge in [-0.15, -0.1) is 0 Å². The Kier molecular flexibility index (Phi) is 5.91. The van der Waals surface area contributed by atoms with Crippen molar-refractivity contribution >= 4 is 21.8 Å². The van der Waals surface area contributed by atoms with E-state index < -0.39 is 10.0 Å². The number of carbonyl (C=O) groups excluding carboxylic acids is 2. The van der Waals surface area contributed by atoms with Gasteiger partial charge < -0.3 is 9.80 Å². The molecule has 3 aliphatic rings. The van der Waals surface area contributed by atoms with Crippen LogP contribution < -0.4 is 0 Å². The van der Waals surface area contributed by atoms with Gasteiger partial charge in [0.2, 0.25) is 21.8 Å². The maximum Gasteiger partial charge on any atom is 0.245 e. The van der Waals surface area contributed by atoms with E-state index in [1.54, 1.807) is 4.90 Å². The van der Waals surface area contributed by atoms with Gasteiger partial charge in [-0.1, -0.05) is 6.92 Å². The molecule has 148 valence electrons. The molecule has 0 N–H and O–H groups in total. The van der Waals surface area contributed by atoms with Crippen LogP contribution in [0.25, 0.3) is 0 Å². The summed E-state index contributed by atoms with van der Waals surface area (Å²) in [5.74, 6) is 0.652. The SMILES string of the molecule is CC1CCN(C(=O)[C@@H]2CCCN2C(=O)C2CCN(S(C)(=O)=O)CC2)CC1. The van der Waals surface area contributed by atoms with E-state index in [2.05, 4.69) is 6.92 Å². The Hall–Kier alpha value is -1.15. The van der Waals surface area contributed by atoms with Crippen LogP contribution >= 0.6 is 0 Å². The molecule has 0 spiro atoms. The first-order chi connectivity index (χ1) is 12.3. The van der Waals surface area contributed by atoms with Crippen molar-refractivity contribution < 1.29 is 18.0 Å². The lowest BCUT2D eigenvalue weighted by Crippen LogP contribution is -2.52. The van der Waals surface area contributed by atoms with Crippen molar-refractivity contribution in [2.75, 3.05) is 39.0 Å². The average Bonchev–Trinajstić information content (AvgIpc) is 3.10. The van der Waals surface area contributed by atoms with Gasteiger partial charge in [0, 0.05) is 38.6 Å². The van der Waals surface area contributed by atoms with Gasteiger partial charge in [0.15, 0.2) is 0 Å². The summed E-state index contributed by atoms with van der Waals surface area (Å²) in [6.45, 7) is 5.25. The molecule has 7 nitrogen and oxygen atoms in total. The molecule has 2 amide bonds. The minimum atomic E-state index is -3.19. The molecule has 0 bridgehead atoms. The fourth-order valence-electron chi connectivity index (χ4n) is 4.40. The molecule has 3 saturated heterocycles. The van der Waals surface area contributed by atoms with Crippen molar-refractivity contribution in [1.29, 1.82) is 0 Å². The Morgan fingerprint density at radius 3 is 2.04 bits per heavy atom. The molecule has 3 heterocycles. The summed E-state index contributed by atoms with van der Waals surface area (Å²) < 4.78 is 24.7. The summed E-state index contributed by atoms with van der Waals surface area (Å²) in [6.07, 6.45) is 6.00. The van der Waals surface area contributed by atoms with Crippen LogP contribution in [0.1, 0.15) is 45.4 Å². The fourth-order valence-corrected chi connectivity index (χ4v) is 5.27. The van der Waals surface area contributed by atoms with E-state index in [0.717, 1.165) is 38.8 Å². The Bertz CT molecular complexity index is 635. The van der Waals surface area contributed by atoms with Gasteiger partial charge in [0.05, 0.1) is 6.26 Å². The number of sulfonamides is 1. The second-order valence-corrected chi connectivity index (χ2v) is 10.1. The fraction of sp³-hybridized carbons (Fsp3) is 0.889. The summed E-state index contributed by atoms with van der Waals surface area (Å²) in [6, 6.07) is -0.316. The predicted molar refractivity (Wildman–Crippen MR) is 98.9 cm³/mol. The largest absolute Gasteiger partial charge is 0.341 e. The topological polar surface area (TPSA) is 78.0 Å². The smallest absolute Gasteiger partial charge is 0.245 e. The molecular weight excluding hydrogens is 354 g/mol. The monoisotopic (exact) mass is 385 g/mol. The Labute approximate surface area is 156 Å². The molecule has 0 radical (unpaired) electrons. The zero-order valence-electron chi connectivity index (χ0n) is 15.9. The molecule has 3 fully saturated rings. The van der Waals surface area contributed by atoms with Crippen molar-refractivity contribution in [3.05, 3.63) is 0 Å². The van der Waals surface area contributed by atoms with E-state index in [0.29, 0.717) is 38.4 Å². The zero-order chi connectivity index (χ0) is 18.9. The molecule has 3 rings (SSSR count). The van der Waals surface area contributed by atoms with E-state index >= 15 is 0 Å². The first kappa shape index (κ1) is 19.6. The van der Waals surface area contributed by atoms with Crippen LogP contribution in [0, 0.1) is 11.8 Å². The molecule has 8 heteroatoms. The van der Waals surface area contributed by atoms with E-state index in [1.807, 2.05) is 4.90 Å². The number of hydrogen-bond acceptors (Lipinski definition) is 4. The van der Waals surface area contributed by atoms with Crippen molar-refractivity contribution in [2.24, 2.45) is 11.8 Å². The lowest BCUT2D eigenvalue weighted by molar-refractivity contribution is -0.147. The summed E-state index contributed by atoms with van der Waals surface area (Å²) in [5, 5.41) is 0. The molecule has 0 aromatic heterocycles. The maximum absolute atomic E-state index is 13.0. The maximum atomic E-state index is 13.0. The number of hydrogen-bond donors (Lipinski definition) is 0. The van der Waals surface area contributed by atoms with Gasteiger partial charge >= 0.3 is 0 Å². The number of nitrogens with zero attached hydrogens (tertiary/aromatic N) is 3. The Morgan fingerprint density at radius 2 is 1.46 bits per heavy atom. The molecule has 0 aromatic carbocycles. The van der Waals surface area contributed by atoms with Gasteiger partial charge in [0.25, 0.3) is 0 Å². The molecule has 0 saturated carbocycles. The lowest BCUT2D eigenvalue weighted by Gasteiger charge is -2.36. The minimum absolute atomic E-state index is 0.0411. The first-order valence-corrected chi connectivity index (χ1v) is 11.7. The van der Waals surface area contributed by atoms with Crippen molar-refractivity contribution in [2.45, 2.75) is 51.5 Å². The van der Waals surface area contributed by atoms with E-state index in [-0.39, 0.29) is 23.8 Å². The highest BCUT2D eigenvalue weighted by atomic mass is 32.2. The van der Waals surface area contributed by atoms with Crippen LogP contribution in [0.4, 0.5) is 0 Å². The molecule has 1 atom stereocenters. The summed E-state index contributed by atoms with van der Waals surface area (Å²) >= 11 is 0. The molecular formula is C18H31N3O4S. The van der Waals surface area contributed by atoms with Gasteiger partial charge in [0.1, 0.15) is 6.04 Å². The van der Waals surface area contributed by atoms with Crippen LogP contribution in [0.5, 0.6) is 0 Å². The molecule has 0 unspecified atom stereocenters. The standard InChI is InChI=1S/C18H31N3O4S/c1-14-5-10-19(11-6-14)18(23)16-4-3-9-21(16)17(22)15-7-12-20(13-8-15)26(2,24)25/h14-16H,3-13H2,1-2H3/t16-/m0/s1. The minimum Gasteiger partial charge on any atom is -0.341 e. The first-order valence-electron chi connectivity index (χ1n) is 9.81. The second-order valence-electron chi connectivity index (χ2n) is 8.13. The van der Waals surface area contributed by atoms with Crippen LogP contribution in [-0.4, -0.2) is 79.4 Å². The number of rotatable bonds is 3. The van der Waals surface area contributed by atoms with E-state index in [4.69, 9.17) is 0 Å².